The first-order valence-electron chi connectivity index (χ1n) is 6.64. The lowest BCUT2D eigenvalue weighted by molar-refractivity contribution is 0.00493. The average Bonchev–Trinajstić information content (AvgIpc) is 2.29. The van der Waals surface area contributed by atoms with Crippen molar-refractivity contribution in [3.63, 3.8) is 0 Å². The van der Waals surface area contributed by atoms with E-state index in [1.807, 2.05) is 6.92 Å². The summed E-state index contributed by atoms with van der Waals surface area (Å²) in [5.74, 6) is 1.11. The van der Waals surface area contributed by atoms with Crippen LogP contribution in [0.5, 0.6) is 0 Å². The standard InChI is InChI=1S/C14H27NO/c1-4-12(2)14(3,16)11-15-10-13-8-6-5-7-9-13/h5-6,12-13,15-16H,4,7-11H2,1-3H3. The first-order valence-corrected chi connectivity index (χ1v) is 6.64. The minimum absolute atomic E-state index is 0.353. The Morgan fingerprint density at radius 3 is 2.81 bits per heavy atom. The van der Waals surface area contributed by atoms with Gasteiger partial charge >= 0.3 is 0 Å². The van der Waals surface area contributed by atoms with Crippen LogP contribution in [-0.4, -0.2) is 23.8 Å². The second kappa shape index (κ2) is 6.41. The molecular weight excluding hydrogens is 198 g/mol. The molecule has 2 nitrogen and oxygen atoms in total. The number of allylic oxidation sites excluding steroid dienone is 2. The molecule has 0 aliphatic heterocycles. The van der Waals surface area contributed by atoms with Gasteiger partial charge in [-0.3, -0.25) is 0 Å². The zero-order valence-corrected chi connectivity index (χ0v) is 11.0. The fourth-order valence-electron chi connectivity index (χ4n) is 2.19. The summed E-state index contributed by atoms with van der Waals surface area (Å²) >= 11 is 0. The molecule has 0 radical (unpaired) electrons. The van der Waals surface area contributed by atoms with Crippen LogP contribution < -0.4 is 5.32 Å². The molecule has 0 spiro atoms. The highest BCUT2D eigenvalue weighted by atomic mass is 16.3. The highest BCUT2D eigenvalue weighted by Gasteiger charge is 2.26. The lowest BCUT2D eigenvalue weighted by atomic mass is 9.88. The Kier molecular flexibility index (Phi) is 5.50. The fraction of sp³-hybridized carbons (Fsp3) is 0.857. The van der Waals surface area contributed by atoms with Gasteiger partial charge in [-0.1, -0.05) is 32.4 Å². The van der Waals surface area contributed by atoms with E-state index in [9.17, 15) is 5.11 Å². The predicted octanol–water partition coefficient (Wildman–Crippen LogP) is 2.73. The average molecular weight is 225 g/mol. The normalized spacial score (nSPS) is 26.4. The molecule has 0 bridgehead atoms. The Morgan fingerprint density at radius 2 is 2.25 bits per heavy atom. The molecule has 0 aromatic carbocycles. The second-order valence-electron chi connectivity index (χ2n) is 5.45. The molecule has 2 heteroatoms. The molecular formula is C14H27NO. The van der Waals surface area contributed by atoms with Gasteiger partial charge in [-0.15, -0.1) is 0 Å². The van der Waals surface area contributed by atoms with Crippen molar-refractivity contribution in [2.24, 2.45) is 11.8 Å². The van der Waals surface area contributed by atoms with Gasteiger partial charge < -0.3 is 10.4 Å². The summed E-state index contributed by atoms with van der Waals surface area (Å²) < 4.78 is 0. The number of aliphatic hydroxyl groups is 1. The predicted molar refractivity (Wildman–Crippen MR) is 69.4 cm³/mol. The van der Waals surface area contributed by atoms with E-state index in [1.54, 1.807) is 0 Å². The van der Waals surface area contributed by atoms with Crippen LogP contribution in [0.1, 0.15) is 46.5 Å². The summed E-state index contributed by atoms with van der Waals surface area (Å²) in [6, 6.07) is 0. The molecule has 3 unspecified atom stereocenters. The number of nitrogens with one attached hydrogen (secondary N) is 1. The molecule has 1 aliphatic carbocycles. The van der Waals surface area contributed by atoms with Gasteiger partial charge in [0.1, 0.15) is 0 Å². The second-order valence-corrected chi connectivity index (χ2v) is 5.45. The van der Waals surface area contributed by atoms with Gasteiger partial charge in [0.2, 0.25) is 0 Å². The van der Waals surface area contributed by atoms with Crippen molar-refractivity contribution >= 4 is 0 Å². The summed E-state index contributed by atoms with van der Waals surface area (Å²) in [6.45, 7) is 7.93. The molecule has 1 aliphatic rings. The maximum atomic E-state index is 10.2. The van der Waals surface area contributed by atoms with Gasteiger partial charge in [0.05, 0.1) is 5.60 Å². The fourth-order valence-corrected chi connectivity index (χ4v) is 2.19. The van der Waals surface area contributed by atoms with Crippen LogP contribution >= 0.6 is 0 Å². The van der Waals surface area contributed by atoms with Crippen LogP contribution in [0.2, 0.25) is 0 Å². The molecule has 0 aromatic heterocycles. The van der Waals surface area contributed by atoms with Crippen molar-refractivity contribution in [3.05, 3.63) is 12.2 Å². The third kappa shape index (κ3) is 4.26. The van der Waals surface area contributed by atoms with Crippen molar-refractivity contribution < 1.29 is 5.11 Å². The Bertz CT molecular complexity index is 223. The van der Waals surface area contributed by atoms with Crippen molar-refractivity contribution in [1.29, 1.82) is 0 Å². The van der Waals surface area contributed by atoms with Crippen LogP contribution in [0.3, 0.4) is 0 Å². The number of hydrogen-bond acceptors (Lipinski definition) is 2. The third-order valence-corrected chi connectivity index (χ3v) is 3.97. The van der Waals surface area contributed by atoms with E-state index in [1.165, 1.54) is 19.3 Å². The van der Waals surface area contributed by atoms with Gasteiger partial charge in [-0.25, -0.2) is 0 Å². The van der Waals surface area contributed by atoms with E-state index in [0.717, 1.165) is 18.9 Å². The Labute approximate surface area is 100 Å². The lowest BCUT2D eigenvalue weighted by Crippen LogP contribution is -2.44. The van der Waals surface area contributed by atoms with Crippen LogP contribution in [0.15, 0.2) is 12.2 Å². The van der Waals surface area contributed by atoms with Crippen molar-refractivity contribution in [2.45, 2.75) is 52.1 Å². The van der Waals surface area contributed by atoms with Crippen molar-refractivity contribution in [3.8, 4) is 0 Å². The molecule has 3 atom stereocenters. The highest BCUT2D eigenvalue weighted by Crippen LogP contribution is 2.20. The topological polar surface area (TPSA) is 32.3 Å². The first kappa shape index (κ1) is 13.7. The lowest BCUT2D eigenvalue weighted by Gasteiger charge is -2.31. The SMILES string of the molecule is CCC(C)C(C)(O)CNCC1CC=CCC1. The van der Waals surface area contributed by atoms with Gasteiger partial charge in [-0.05, 0) is 44.6 Å². The minimum atomic E-state index is -0.570. The monoisotopic (exact) mass is 225 g/mol. The molecule has 1 rings (SSSR count). The minimum Gasteiger partial charge on any atom is -0.389 e. The molecule has 94 valence electrons. The number of hydrogen-bond donors (Lipinski definition) is 2. The highest BCUT2D eigenvalue weighted by molar-refractivity contribution is 4.91. The van der Waals surface area contributed by atoms with Gasteiger partial charge in [0.25, 0.3) is 0 Å². The third-order valence-electron chi connectivity index (χ3n) is 3.97. The zero-order valence-electron chi connectivity index (χ0n) is 11.0. The van der Waals surface area contributed by atoms with Crippen LogP contribution in [-0.2, 0) is 0 Å². The first-order chi connectivity index (χ1) is 7.56. The van der Waals surface area contributed by atoms with E-state index in [0.29, 0.717) is 12.5 Å². The van der Waals surface area contributed by atoms with Crippen LogP contribution in [0, 0.1) is 11.8 Å². The molecule has 0 aromatic rings. The molecule has 0 saturated heterocycles. The summed E-state index contributed by atoms with van der Waals surface area (Å²) in [5, 5.41) is 13.7. The maximum absolute atomic E-state index is 10.2. The largest absolute Gasteiger partial charge is 0.389 e. The summed E-state index contributed by atoms with van der Waals surface area (Å²) in [7, 11) is 0. The Hall–Kier alpha value is -0.340. The molecule has 0 amide bonds. The van der Waals surface area contributed by atoms with E-state index in [4.69, 9.17) is 0 Å². The van der Waals surface area contributed by atoms with Crippen molar-refractivity contribution in [2.75, 3.05) is 13.1 Å². The molecule has 16 heavy (non-hydrogen) atoms. The molecule has 0 saturated carbocycles. The van der Waals surface area contributed by atoms with Crippen molar-refractivity contribution in [1.82, 2.24) is 5.32 Å². The summed E-state index contributed by atoms with van der Waals surface area (Å²) in [6.07, 6.45) is 9.27. The van der Waals surface area contributed by atoms with E-state index in [-0.39, 0.29) is 0 Å². The Balaban J connectivity index is 2.21. The van der Waals surface area contributed by atoms with Gasteiger partial charge in [-0.2, -0.15) is 0 Å². The smallest absolute Gasteiger partial charge is 0.0768 e. The van der Waals surface area contributed by atoms with Gasteiger partial charge in [0, 0.05) is 6.54 Å². The van der Waals surface area contributed by atoms with E-state index < -0.39 is 5.60 Å². The summed E-state index contributed by atoms with van der Waals surface area (Å²) in [5.41, 5.74) is -0.570. The number of rotatable bonds is 6. The van der Waals surface area contributed by atoms with Crippen LogP contribution in [0.25, 0.3) is 0 Å². The molecule has 0 fully saturated rings. The molecule has 2 N–H and O–H groups in total. The quantitative estimate of drug-likeness (QED) is 0.681. The molecule has 0 heterocycles. The van der Waals surface area contributed by atoms with Gasteiger partial charge in [0.15, 0.2) is 0 Å². The zero-order chi connectivity index (χ0) is 12.0. The van der Waals surface area contributed by atoms with E-state index >= 15 is 0 Å². The van der Waals surface area contributed by atoms with Crippen LogP contribution in [0.4, 0.5) is 0 Å². The summed E-state index contributed by atoms with van der Waals surface area (Å²) in [4.78, 5) is 0. The van der Waals surface area contributed by atoms with E-state index in [2.05, 4.69) is 31.3 Å². The Morgan fingerprint density at radius 1 is 1.50 bits per heavy atom. The maximum Gasteiger partial charge on any atom is 0.0768 e.